The van der Waals surface area contributed by atoms with E-state index in [1.165, 1.54) is 7.11 Å². The van der Waals surface area contributed by atoms with Crippen molar-refractivity contribution in [2.45, 2.75) is 10.9 Å². The van der Waals surface area contributed by atoms with Crippen molar-refractivity contribution in [3.05, 3.63) is 90.0 Å². The number of aromatic nitrogens is 3. The van der Waals surface area contributed by atoms with E-state index in [9.17, 15) is 4.79 Å². The molecule has 4 aromatic rings. The first-order chi connectivity index (χ1) is 15.2. The van der Waals surface area contributed by atoms with E-state index in [0.29, 0.717) is 11.3 Å². The van der Waals surface area contributed by atoms with Gasteiger partial charge in [-0.2, -0.15) is 0 Å². The lowest BCUT2D eigenvalue weighted by molar-refractivity contribution is 0.0600. The van der Waals surface area contributed by atoms with E-state index in [0.717, 1.165) is 33.5 Å². The predicted molar refractivity (Wildman–Crippen MR) is 121 cm³/mol. The summed E-state index contributed by atoms with van der Waals surface area (Å²) in [5.41, 5.74) is 3.45. The Labute approximate surface area is 184 Å². The van der Waals surface area contributed by atoms with Crippen molar-refractivity contribution in [1.29, 1.82) is 0 Å². The van der Waals surface area contributed by atoms with Crippen LogP contribution in [0.1, 0.15) is 15.9 Å². The second-order valence-corrected chi connectivity index (χ2v) is 7.63. The lowest BCUT2D eigenvalue weighted by Gasteiger charge is -2.11. The molecule has 0 N–H and O–H groups in total. The second kappa shape index (κ2) is 9.49. The van der Waals surface area contributed by atoms with Crippen LogP contribution in [0.4, 0.5) is 0 Å². The van der Waals surface area contributed by atoms with Crippen LogP contribution in [0.3, 0.4) is 0 Å². The van der Waals surface area contributed by atoms with E-state index in [1.807, 2.05) is 77.4 Å². The van der Waals surface area contributed by atoms with Gasteiger partial charge in [-0.1, -0.05) is 42.1 Å². The number of carbonyl (C=O) groups is 1. The lowest BCUT2D eigenvalue weighted by Crippen LogP contribution is -2.02. The van der Waals surface area contributed by atoms with Crippen molar-refractivity contribution < 1.29 is 14.3 Å². The van der Waals surface area contributed by atoms with E-state index in [4.69, 9.17) is 9.47 Å². The predicted octanol–water partition coefficient (Wildman–Crippen LogP) is 5.02. The Kier molecular flexibility index (Phi) is 6.33. The Morgan fingerprint density at radius 3 is 2.42 bits per heavy atom. The van der Waals surface area contributed by atoms with Crippen molar-refractivity contribution in [3.8, 4) is 22.8 Å². The van der Waals surface area contributed by atoms with Crippen LogP contribution in [-0.2, 0) is 10.5 Å². The molecule has 0 saturated carbocycles. The summed E-state index contributed by atoms with van der Waals surface area (Å²) < 4.78 is 12.1. The number of thioether (sulfide) groups is 1. The summed E-state index contributed by atoms with van der Waals surface area (Å²) in [7, 11) is 3.03. The fraction of sp³-hybridized carbons (Fsp3) is 0.125. The van der Waals surface area contributed by atoms with Crippen LogP contribution >= 0.6 is 11.8 Å². The Morgan fingerprint density at radius 1 is 0.935 bits per heavy atom. The maximum absolute atomic E-state index is 11.8. The number of esters is 1. The van der Waals surface area contributed by atoms with Gasteiger partial charge >= 0.3 is 5.97 Å². The molecule has 0 aliphatic heterocycles. The molecule has 0 radical (unpaired) electrons. The number of rotatable bonds is 7. The molecule has 7 heteroatoms. The summed E-state index contributed by atoms with van der Waals surface area (Å²) in [6.07, 6.45) is 0. The van der Waals surface area contributed by atoms with Crippen LogP contribution in [0.15, 0.2) is 84.0 Å². The van der Waals surface area contributed by atoms with E-state index in [2.05, 4.69) is 10.2 Å². The maximum Gasteiger partial charge on any atom is 0.337 e. The third kappa shape index (κ3) is 4.62. The third-order valence-electron chi connectivity index (χ3n) is 4.71. The number of hydrogen-bond donors (Lipinski definition) is 0. The zero-order chi connectivity index (χ0) is 21.6. The highest BCUT2D eigenvalue weighted by molar-refractivity contribution is 7.98. The molecule has 0 saturated heterocycles. The number of methoxy groups -OCH3 is 2. The van der Waals surface area contributed by atoms with Crippen LogP contribution in [0.25, 0.3) is 17.1 Å². The summed E-state index contributed by atoms with van der Waals surface area (Å²) in [5.74, 6) is 1.83. The van der Waals surface area contributed by atoms with Gasteiger partial charge in [0.15, 0.2) is 11.0 Å². The standard InChI is InChI=1S/C24H21N3O3S/c1-29-21-13-11-18(12-14-21)22-25-26-24(27(22)20-9-4-3-5-10-20)31-16-17-7-6-8-19(15-17)23(28)30-2/h3-15H,16H2,1-2H3. The van der Waals surface area contributed by atoms with Gasteiger partial charge < -0.3 is 9.47 Å². The smallest absolute Gasteiger partial charge is 0.337 e. The van der Waals surface area contributed by atoms with Crippen molar-refractivity contribution in [2.75, 3.05) is 14.2 Å². The summed E-state index contributed by atoms with van der Waals surface area (Å²) in [5, 5.41) is 9.68. The second-order valence-electron chi connectivity index (χ2n) is 6.69. The topological polar surface area (TPSA) is 66.2 Å². The van der Waals surface area contributed by atoms with Crippen molar-refractivity contribution in [2.24, 2.45) is 0 Å². The minimum absolute atomic E-state index is 0.346. The average molecular weight is 432 g/mol. The first-order valence-corrected chi connectivity index (χ1v) is 10.6. The van der Waals surface area contributed by atoms with Crippen LogP contribution in [0.5, 0.6) is 5.75 Å². The summed E-state index contributed by atoms with van der Waals surface area (Å²) in [4.78, 5) is 11.8. The summed E-state index contributed by atoms with van der Waals surface area (Å²) in [6, 6.07) is 25.2. The summed E-state index contributed by atoms with van der Waals surface area (Å²) in [6.45, 7) is 0. The van der Waals surface area contributed by atoms with E-state index in [1.54, 1.807) is 24.9 Å². The molecule has 0 amide bonds. The normalized spacial score (nSPS) is 10.6. The molecule has 1 aromatic heterocycles. The highest BCUT2D eigenvalue weighted by Gasteiger charge is 2.16. The van der Waals surface area contributed by atoms with Gasteiger partial charge in [-0.25, -0.2) is 4.79 Å². The molecular weight excluding hydrogens is 410 g/mol. The van der Waals surface area contributed by atoms with Gasteiger partial charge in [0, 0.05) is 17.0 Å². The molecule has 0 unspecified atom stereocenters. The number of nitrogens with zero attached hydrogens (tertiary/aromatic N) is 3. The van der Waals surface area contributed by atoms with E-state index < -0.39 is 0 Å². The molecule has 0 atom stereocenters. The van der Waals surface area contributed by atoms with Gasteiger partial charge in [0.25, 0.3) is 0 Å². The van der Waals surface area contributed by atoms with Crippen LogP contribution in [-0.4, -0.2) is 35.0 Å². The van der Waals surface area contributed by atoms with Crippen molar-refractivity contribution in [1.82, 2.24) is 14.8 Å². The fourth-order valence-electron chi connectivity index (χ4n) is 3.15. The van der Waals surface area contributed by atoms with Gasteiger partial charge in [-0.3, -0.25) is 4.57 Å². The molecule has 1 heterocycles. The lowest BCUT2D eigenvalue weighted by atomic mass is 10.1. The number of para-hydroxylation sites is 1. The summed E-state index contributed by atoms with van der Waals surface area (Å²) >= 11 is 1.56. The van der Waals surface area contributed by atoms with Crippen LogP contribution < -0.4 is 4.74 Å². The highest BCUT2D eigenvalue weighted by atomic mass is 32.2. The molecule has 0 fully saturated rings. The molecule has 156 valence electrons. The van der Waals surface area contributed by atoms with Gasteiger partial charge in [0.2, 0.25) is 0 Å². The number of benzene rings is 3. The SMILES string of the molecule is COC(=O)c1cccc(CSc2nnc(-c3ccc(OC)cc3)n2-c2ccccc2)c1. The Balaban J connectivity index is 1.66. The fourth-order valence-corrected chi connectivity index (χ4v) is 4.05. The van der Waals surface area contributed by atoms with Gasteiger partial charge in [-0.15, -0.1) is 10.2 Å². The van der Waals surface area contributed by atoms with Crippen molar-refractivity contribution in [3.63, 3.8) is 0 Å². The molecular formula is C24H21N3O3S. The van der Waals surface area contributed by atoms with Crippen LogP contribution in [0.2, 0.25) is 0 Å². The molecule has 0 aliphatic rings. The van der Waals surface area contributed by atoms with Crippen molar-refractivity contribution >= 4 is 17.7 Å². The first-order valence-electron chi connectivity index (χ1n) is 9.65. The maximum atomic E-state index is 11.8. The van der Waals surface area contributed by atoms with Gasteiger partial charge in [0.05, 0.1) is 19.8 Å². The Hall–Kier alpha value is -3.58. The molecule has 4 rings (SSSR count). The molecule has 0 aliphatic carbocycles. The van der Waals surface area contributed by atoms with Gasteiger partial charge in [-0.05, 0) is 54.1 Å². The molecule has 6 nitrogen and oxygen atoms in total. The Bertz CT molecular complexity index is 1170. The molecule has 31 heavy (non-hydrogen) atoms. The Morgan fingerprint density at radius 2 is 1.71 bits per heavy atom. The molecule has 3 aromatic carbocycles. The third-order valence-corrected chi connectivity index (χ3v) is 5.71. The average Bonchev–Trinajstić information content (AvgIpc) is 3.27. The van der Waals surface area contributed by atoms with Crippen LogP contribution in [0, 0.1) is 0 Å². The zero-order valence-electron chi connectivity index (χ0n) is 17.2. The zero-order valence-corrected chi connectivity index (χ0v) is 18.0. The first kappa shape index (κ1) is 20.7. The van der Waals surface area contributed by atoms with Gasteiger partial charge in [0.1, 0.15) is 5.75 Å². The van der Waals surface area contributed by atoms with E-state index >= 15 is 0 Å². The highest BCUT2D eigenvalue weighted by Crippen LogP contribution is 2.30. The monoisotopic (exact) mass is 431 g/mol. The number of hydrogen-bond acceptors (Lipinski definition) is 6. The molecule has 0 bridgehead atoms. The number of carbonyl (C=O) groups excluding carboxylic acids is 1. The minimum atomic E-state index is -0.346. The number of ether oxygens (including phenoxy) is 2. The minimum Gasteiger partial charge on any atom is -0.497 e. The molecule has 0 spiro atoms. The van der Waals surface area contributed by atoms with E-state index in [-0.39, 0.29) is 5.97 Å². The largest absolute Gasteiger partial charge is 0.497 e. The quantitative estimate of drug-likeness (QED) is 0.302.